The first kappa shape index (κ1) is 22.9. The summed E-state index contributed by atoms with van der Waals surface area (Å²) < 4.78 is 26.8. The molecule has 0 aliphatic carbocycles. The van der Waals surface area contributed by atoms with Gasteiger partial charge in [0, 0.05) is 39.1 Å². The Hall–Kier alpha value is -1.15. The first-order chi connectivity index (χ1) is 11.9. The molecule has 1 aromatic rings. The molecule has 2 N–H and O–H groups in total. The number of likely N-dealkylation sites (N-methyl/N-ethyl adjacent to an activating group) is 1. The van der Waals surface area contributed by atoms with Crippen LogP contribution in [0.4, 0.5) is 0 Å². The van der Waals surface area contributed by atoms with Gasteiger partial charge in [-0.25, -0.2) is 8.42 Å². The van der Waals surface area contributed by atoms with Gasteiger partial charge in [0.2, 0.25) is 15.9 Å². The van der Waals surface area contributed by atoms with Gasteiger partial charge in [-0.1, -0.05) is 18.6 Å². The van der Waals surface area contributed by atoms with Crippen LogP contribution in [0, 0.1) is 0 Å². The molecule has 1 unspecified atom stereocenters. The topological polar surface area (TPSA) is 83.7 Å². The van der Waals surface area contributed by atoms with Gasteiger partial charge in [0.05, 0.1) is 4.90 Å². The minimum absolute atomic E-state index is 0. The van der Waals surface area contributed by atoms with Gasteiger partial charge in [-0.2, -0.15) is 4.31 Å². The first-order valence-electron chi connectivity index (χ1n) is 8.91. The summed E-state index contributed by atoms with van der Waals surface area (Å²) in [4.78, 5) is 14.1. The van der Waals surface area contributed by atoms with Crippen molar-refractivity contribution in [3.8, 4) is 0 Å². The van der Waals surface area contributed by atoms with E-state index in [0.29, 0.717) is 37.4 Å². The van der Waals surface area contributed by atoms with Crippen LogP contribution in [0.25, 0.3) is 0 Å². The highest BCUT2D eigenvalue weighted by Gasteiger charge is 2.25. The largest absolute Gasteiger partial charge is 0.342 e. The predicted octanol–water partition coefficient (Wildman–Crippen LogP) is 2.02. The zero-order valence-electron chi connectivity index (χ0n) is 15.6. The van der Waals surface area contributed by atoms with Gasteiger partial charge in [-0.3, -0.25) is 4.79 Å². The number of rotatable bonds is 7. The van der Waals surface area contributed by atoms with Crippen molar-refractivity contribution in [2.75, 3.05) is 26.7 Å². The number of piperidine rings is 1. The smallest absolute Gasteiger partial charge is 0.243 e. The van der Waals surface area contributed by atoms with Crippen molar-refractivity contribution < 1.29 is 13.2 Å². The molecule has 1 heterocycles. The predicted molar refractivity (Wildman–Crippen MR) is 106 cm³/mol. The van der Waals surface area contributed by atoms with Gasteiger partial charge in [-0.15, -0.1) is 12.4 Å². The molecule has 1 amide bonds. The van der Waals surface area contributed by atoms with E-state index in [2.05, 4.69) is 0 Å². The fourth-order valence-corrected chi connectivity index (χ4v) is 4.43. The molecule has 148 valence electrons. The van der Waals surface area contributed by atoms with Crippen molar-refractivity contribution in [2.45, 2.75) is 50.0 Å². The molecule has 0 bridgehead atoms. The lowest BCUT2D eigenvalue weighted by Gasteiger charge is -2.26. The molecule has 0 aromatic heterocycles. The van der Waals surface area contributed by atoms with Crippen molar-refractivity contribution in [1.29, 1.82) is 0 Å². The Balaban J connectivity index is 0.00000338. The lowest BCUT2D eigenvalue weighted by molar-refractivity contribution is -0.131. The SMILES string of the molecule is CC(CN)N(C)C(=O)CCc1ccc(S(=O)(=O)N2CCCCC2)cc1.Cl. The Morgan fingerprint density at radius 2 is 1.77 bits per heavy atom. The Kier molecular flexibility index (Phi) is 9.03. The first-order valence-corrected chi connectivity index (χ1v) is 10.3. The summed E-state index contributed by atoms with van der Waals surface area (Å²) in [7, 11) is -1.64. The lowest BCUT2D eigenvalue weighted by Crippen LogP contribution is -2.39. The fraction of sp³-hybridized carbons (Fsp3) is 0.611. The van der Waals surface area contributed by atoms with Crippen LogP contribution >= 0.6 is 12.4 Å². The van der Waals surface area contributed by atoms with Crippen molar-refractivity contribution in [2.24, 2.45) is 5.73 Å². The molecule has 0 radical (unpaired) electrons. The Labute approximate surface area is 163 Å². The number of amides is 1. The van der Waals surface area contributed by atoms with Gasteiger partial charge < -0.3 is 10.6 Å². The summed E-state index contributed by atoms with van der Waals surface area (Å²) in [6, 6.07) is 6.92. The minimum Gasteiger partial charge on any atom is -0.342 e. The van der Waals surface area contributed by atoms with E-state index in [1.54, 1.807) is 40.5 Å². The van der Waals surface area contributed by atoms with E-state index in [0.717, 1.165) is 24.8 Å². The van der Waals surface area contributed by atoms with Crippen molar-refractivity contribution in [3.05, 3.63) is 29.8 Å². The molecular formula is C18H30ClN3O3S. The third-order valence-corrected chi connectivity index (χ3v) is 6.81. The molecule has 0 spiro atoms. The van der Waals surface area contributed by atoms with E-state index < -0.39 is 10.0 Å². The Morgan fingerprint density at radius 1 is 1.19 bits per heavy atom. The van der Waals surface area contributed by atoms with Crippen LogP contribution in [0.5, 0.6) is 0 Å². The number of aryl methyl sites for hydroxylation is 1. The zero-order valence-corrected chi connectivity index (χ0v) is 17.2. The third kappa shape index (κ3) is 5.67. The van der Waals surface area contributed by atoms with E-state index in [9.17, 15) is 13.2 Å². The summed E-state index contributed by atoms with van der Waals surface area (Å²) in [5.74, 6) is 0.0444. The standard InChI is InChI=1S/C18H29N3O3S.ClH/c1-15(14-19)20(2)18(22)11-8-16-6-9-17(10-7-16)25(23,24)21-12-4-3-5-13-21;/h6-7,9-10,15H,3-5,8,11-14,19H2,1-2H3;1H. The second-order valence-electron chi connectivity index (χ2n) is 6.70. The normalized spacial score (nSPS) is 16.6. The fourth-order valence-electron chi connectivity index (χ4n) is 2.91. The number of hydrogen-bond donors (Lipinski definition) is 1. The molecule has 6 nitrogen and oxygen atoms in total. The molecular weight excluding hydrogens is 374 g/mol. The molecule has 1 saturated heterocycles. The van der Waals surface area contributed by atoms with Gasteiger partial charge >= 0.3 is 0 Å². The molecule has 1 atom stereocenters. The van der Waals surface area contributed by atoms with Crippen molar-refractivity contribution in [1.82, 2.24) is 9.21 Å². The second-order valence-corrected chi connectivity index (χ2v) is 8.64. The number of nitrogens with zero attached hydrogens (tertiary/aromatic N) is 2. The number of carbonyl (C=O) groups excluding carboxylic acids is 1. The van der Waals surface area contributed by atoms with Crippen LogP contribution in [-0.2, 0) is 21.2 Å². The Bertz CT molecular complexity index is 673. The lowest BCUT2D eigenvalue weighted by atomic mass is 10.1. The van der Waals surface area contributed by atoms with Gasteiger partial charge in [0.1, 0.15) is 0 Å². The van der Waals surface area contributed by atoms with Crippen LogP contribution in [0.2, 0.25) is 0 Å². The maximum absolute atomic E-state index is 12.6. The summed E-state index contributed by atoms with van der Waals surface area (Å²) in [6.07, 6.45) is 3.92. The number of sulfonamides is 1. The number of carbonyl (C=O) groups is 1. The van der Waals surface area contributed by atoms with E-state index in [4.69, 9.17) is 5.73 Å². The van der Waals surface area contributed by atoms with Crippen LogP contribution in [0.3, 0.4) is 0 Å². The second kappa shape index (κ2) is 10.3. The van der Waals surface area contributed by atoms with E-state index >= 15 is 0 Å². The maximum Gasteiger partial charge on any atom is 0.243 e. The maximum atomic E-state index is 12.6. The molecule has 0 saturated carbocycles. The summed E-state index contributed by atoms with van der Waals surface area (Å²) in [6.45, 7) is 3.55. The molecule has 1 aromatic carbocycles. The number of benzene rings is 1. The molecule has 2 rings (SSSR count). The number of halogens is 1. The van der Waals surface area contributed by atoms with Crippen LogP contribution in [0.15, 0.2) is 29.2 Å². The van der Waals surface area contributed by atoms with Gasteiger partial charge in [0.15, 0.2) is 0 Å². The van der Waals surface area contributed by atoms with Crippen molar-refractivity contribution >= 4 is 28.3 Å². The third-order valence-electron chi connectivity index (χ3n) is 4.90. The van der Waals surface area contributed by atoms with Crippen molar-refractivity contribution in [3.63, 3.8) is 0 Å². The highest BCUT2D eigenvalue weighted by atomic mass is 35.5. The molecule has 1 fully saturated rings. The highest BCUT2D eigenvalue weighted by molar-refractivity contribution is 7.89. The summed E-state index contributed by atoms with van der Waals surface area (Å²) in [5.41, 5.74) is 6.54. The molecule has 1 aliphatic rings. The van der Waals surface area contributed by atoms with Gasteiger partial charge in [-0.05, 0) is 43.9 Å². The van der Waals surface area contributed by atoms with E-state index in [1.165, 1.54) is 0 Å². The quantitative estimate of drug-likeness (QED) is 0.754. The van der Waals surface area contributed by atoms with Crippen LogP contribution < -0.4 is 5.73 Å². The average molecular weight is 404 g/mol. The summed E-state index contributed by atoms with van der Waals surface area (Å²) in [5, 5.41) is 0. The average Bonchev–Trinajstić information content (AvgIpc) is 2.65. The van der Waals surface area contributed by atoms with Gasteiger partial charge in [0.25, 0.3) is 0 Å². The highest BCUT2D eigenvalue weighted by Crippen LogP contribution is 2.21. The number of hydrogen-bond acceptors (Lipinski definition) is 4. The molecule has 1 aliphatic heterocycles. The molecule has 8 heteroatoms. The van der Waals surface area contributed by atoms with Crippen LogP contribution in [-0.4, -0.2) is 56.3 Å². The molecule has 26 heavy (non-hydrogen) atoms. The van der Waals surface area contributed by atoms with Crippen LogP contribution in [0.1, 0.15) is 38.2 Å². The van der Waals surface area contributed by atoms with E-state index in [-0.39, 0.29) is 24.4 Å². The zero-order chi connectivity index (χ0) is 18.4. The number of nitrogens with two attached hydrogens (primary N) is 1. The Morgan fingerprint density at radius 3 is 2.31 bits per heavy atom. The minimum atomic E-state index is -3.39. The monoisotopic (exact) mass is 403 g/mol. The van der Waals surface area contributed by atoms with E-state index in [1.807, 2.05) is 6.92 Å². The summed E-state index contributed by atoms with van der Waals surface area (Å²) >= 11 is 0.